The summed E-state index contributed by atoms with van der Waals surface area (Å²) in [7, 11) is 4.22. The van der Waals surface area contributed by atoms with Gasteiger partial charge in [-0.2, -0.15) is 0 Å². The molecule has 1 fully saturated rings. The molecule has 0 aliphatic carbocycles. The van der Waals surface area contributed by atoms with E-state index in [4.69, 9.17) is 10.5 Å². The molecule has 5 heteroatoms. The molecule has 0 aromatic heterocycles. The zero-order chi connectivity index (χ0) is 17.6. The number of hydrogen-bond donors (Lipinski definition) is 2. The monoisotopic (exact) mass is 332 g/mol. The first-order valence-electron chi connectivity index (χ1n) is 8.89. The highest BCUT2D eigenvalue weighted by molar-refractivity contribution is 5.92. The van der Waals surface area contributed by atoms with Crippen LogP contribution in [0.5, 0.6) is 0 Å². The molecule has 1 atom stereocenters. The van der Waals surface area contributed by atoms with Crippen LogP contribution >= 0.6 is 0 Å². The van der Waals surface area contributed by atoms with Crippen molar-refractivity contribution < 1.29 is 4.74 Å². The molecule has 1 heterocycles. The van der Waals surface area contributed by atoms with Crippen molar-refractivity contribution in [1.82, 2.24) is 4.90 Å². The Labute approximate surface area is 146 Å². The van der Waals surface area contributed by atoms with Crippen LogP contribution in [-0.2, 0) is 4.74 Å². The van der Waals surface area contributed by atoms with Crippen molar-refractivity contribution in [2.24, 2.45) is 10.7 Å². The molecule has 0 saturated carbocycles. The summed E-state index contributed by atoms with van der Waals surface area (Å²) in [6, 6.07) is 8.45. The number of hydrogen-bond acceptors (Lipinski definition) is 3. The third-order valence-electron chi connectivity index (χ3n) is 5.28. The summed E-state index contributed by atoms with van der Waals surface area (Å²) in [6.45, 7) is 6.72. The molecule has 1 unspecified atom stereocenters. The van der Waals surface area contributed by atoms with Crippen molar-refractivity contribution >= 4 is 11.6 Å². The Kier molecular flexibility index (Phi) is 6.63. The Morgan fingerprint density at radius 2 is 1.92 bits per heavy atom. The largest absolute Gasteiger partial charge is 0.381 e. The number of anilines is 1. The fraction of sp³-hybridized carbons (Fsp3) is 0.632. The zero-order valence-electron chi connectivity index (χ0n) is 15.5. The maximum atomic E-state index is 6.10. The highest BCUT2D eigenvalue weighted by atomic mass is 16.5. The first kappa shape index (κ1) is 18.7. The van der Waals surface area contributed by atoms with Crippen molar-refractivity contribution in [3.63, 3.8) is 0 Å². The average molecular weight is 332 g/mol. The molecule has 5 nitrogen and oxygen atoms in total. The quantitative estimate of drug-likeness (QED) is 0.621. The number of nitrogens with two attached hydrogens (primary N) is 1. The Balaban J connectivity index is 1.98. The minimum absolute atomic E-state index is 0.0466. The van der Waals surface area contributed by atoms with Gasteiger partial charge in [-0.1, -0.05) is 26.0 Å². The van der Waals surface area contributed by atoms with Gasteiger partial charge in [0.15, 0.2) is 5.96 Å². The Morgan fingerprint density at radius 1 is 1.29 bits per heavy atom. The van der Waals surface area contributed by atoms with Crippen LogP contribution in [0, 0.1) is 0 Å². The van der Waals surface area contributed by atoms with E-state index in [0.29, 0.717) is 18.4 Å². The van der Waals surface area contributed by atoms with E-state index in [0.717, 1.165) is 38.2 Å². The summed E-state index contributed by atoms with van der Waals surface area (Å²) in [6.07, 6.45) is 3.12. The van der Waals surface area contributed by atoms with Gasteiger partial charge < -0.3 is 20.7 Å². The second-order valence-electron chi connectivity index (χ2n) is 6.99. The normalized spacial score (nSPS) is 19.3. The molecule has 0 bridgehead atoms. The van der Waals surface area contributed by atoms with E-state index in [1.54, 1.807) is 0 Å². The molecule has 1 saturated heterocycles. The lowest BCUT2D eigenvalue weighted by Crippen LogP contribution is -2.51. The van der Waals surface area contributed by atoms with Gasteiger partial charge in [-0.15, -0.1) is 0 Å². The lowest BCUT2D eigenvalue weighted by atomic mass is 9.89. The number of likely N-dealkylation sites (N-methyl/N-ethyl adjacent to an activating group) is 1. The van der Waals surface area contributed by atoms with E-state index in [1.165, 1.54) is 5.56 Å². The molecule has 0 radical (unpaired) electrons. The van der Waals surface area contributed by atoms with Gasteiger partial charge in [-0.3, -0.25) is 4.99 Å². The molecule has 1 aliphatic heterocycles. The summed E-state index contributed by atoms with van der Waals surface area (Å²) in [5.41, 5.74) is 8.48. The summed E-state index contributed by atoms with van der Waals surface area (Å²) in [5, 5.41) is 3.20. The molecule has 134 valence electrons. The third kappa shape index (κ3) is 4.71. The van der Waals surface area contributed by atoms with Crippen molar-refractivity contribution in [2.45, 2.75) is 44.6 Å². The van der Waals surface area contributed by atoms with Crippen LogP contribution in [0.4, 0.5) is 5.69 Å². The van der Waals surface area contributed by atoms with E-state index in [1.807, 2.05) is 0 Å². The topological polar surface area (TPSA) is 62.9 Å². The molecule has 1 aromatic carbocycles. The van der Waals surface area contributed by atoms with Crippen LogP contribution in [0.25, 0.3) is 0 Å². The second kappa shape index (κ2) is 8.49. The van der Waals surface area contributed by atoms with Gasteiger partial charge in [0, 0.05) is 24.4 Å². The molecular weight excluding hydrogens is 300 g/mol. The van der Waals surface area contributed by atoms with Gasteiger partial charge in [-0.05, 0) is 57.0 Å². The minimum atomic E-state index is 0.0466. The number of nitrogens with zero attached hydrogens (tertiary/aromatic N) is 2. The van der Waals surface area contributed by atoms with Crippen LogP contribution in [0.3, 0.4) is 0 Å². The lowest BCUT2D eigenvalue weighted by molar-refractivity contribution is -0.00249. The maximum Gasteiger partial charge on any atom is 0.193 e. The van der Waals surface area contributed by atoms with Crippen molar-refractivity contribution in [1.29, 1.82) is 0 Å². The Hall–Kier alpha value is -1.59. The summed E-state index contributed by atoms with van der Waals surface area (Å²) in [5.74, 6) is 1.05. The molecule has 0 spiro atoms. The highest BCUT2D eigenvalue weighted by Crippen LogP contribution is 2.26. The summed E-state index contributed by atoms with van der Waals surface area (Å²) >= 11 is 0. The van der Waals surface area contributed by atoms with E-state index >= 15 is 0 Å². The number of ether oxygens (including phenoxy) is 1. The van der Waals surface area contributed by atoms with Gasteiger partial charge >= 0.3 is 0 Å². The highest BCUT2D eigenvalue weighted by Gasteiger charge is 2.34. The fourth-order valence-corrected chi connectivity index (χ4v) is 3.05. The van der Waals surface area contributed by atoms with Crippen molar-refractivity contribution in [3.8, 4) is 0 Å². The van der Waals surface area contributed by atoms with Gasteiger partial charge in [0.1, 0.15) is 0 Å². The molecule has 2 rings (SSSR count). The van der Waals surface area contributed by atoms with Crippen LogP contribution in [0.1, 0.15) is 44.6 Å². The van der Waals surface area contributed by atoms with Crippen LogP contribution in [0.2, 0.25) is 0 Å². The minimum Gasteiger partial charge on any atom is -0.381 e. The van der Waals surface area contributed by atoms with E-state index in [2.05, 4.69) is 67.4 Å². The van der Waals surface area contributed by atoms with Crippen molar-refractivity contribution in [2.75, 3.05) is 39.2 Å². The summed E-state index contributed by atoms with van der Waals surface area (Å²) < 4.78 is 5.50. The number of guanidine groups is 1. The number of aliphatic imine (C=N–C) groups is 1. The Bertz CT molecular complexity index is 533. The average Bonchev–Trinajstić information content (AvgIpc) is 2.60. The van der Waals surface area contributed by atoms with Gasteiger partial charge in [0.2, 0.25) is 0 Å². The predicted molar refractivity (Wildman–Crippen MR) is 102 cm³/mol. The molecular formula is C19H32N4O. The third-order valence-corrected chi connectivity index (χ3v) is 5.28. The zero-order valence-corrected chi connectivity index (χ0v) is 15.5. The van der Waals surface area contributed by atoms with Crippen LogP contribution in [0.15, 0.2) is 29.3 Å². The number of benzene rings is 1. The lowest BCUT2D eigenvalue weighted by Gasteiger charge is -2.41. The summed E-state index contributed by atoms with van der Waals surface area (Å²) in [4.78, 5) is 6.85. The second-order valence-corrected chi connectivity index (χ2v) is 6.99. The smallest absolute Gasteiger partial charge is 0.193 e. The molecule has 3 N–H and O–H groups in total. The molecule has 0 amide bonds. The maximum absolute atomic E-state index is 6.10. The van der Waals surface area contributed by atoms with Crippen LogP contribution < -0.4 is 11.1 Å². The Morgan fingerprint density at radius 3 is 2.46 bits per heavy atom. The van der Waals surface area contributed by atoms with Crippen molar-refractivity contribution in [3.05, 3.63) is 29.8 Å². The van der Waals surface area contributed by atoms with Crippen LogP contribution in [-0.4, -0.2) is 50.3 Å². The number of rotatable bonds is 6. The first-order valence-corrected chi connectivity index (χ1v) is 8.89. The first-order chi connectivity index (χ1) is 11.5. The van der Waals surface area contributed by atoms with E-state index in [9.17, 15) is 0 Å². The predicted octanol–water partition coefficient (Wildman–Crippen LogP) is 3.04. The van der Waals surface area contributed by atoms with E-state index in [-0.39, 0.29) is 5.54 Å². The van der Waals surface area contributed by atoms with Gasteiger partial charge in [0.05, 0.1) is 6.54 Å². The fourth-order valence-electron chi connectivity index (χ4n) is 3.05. The molecule has 1 aromatic rings. The molecule has 24 heavy (non-hydrogen) atoms. The number of nitrogens with one attached hydrogen (secondary N) is 1. The standard InChI is InChI=1S/C19H32N4O/c1-5-15(2)16-6-8-17(9-7-16)22-18(20)21-14-19(23(3)4)10-12-24-13-11-19/h6-9,15H,5,10-14H2,1-4H3,(H3,20,21,22). The molecule has 1 aliphatic rings. The SMILES string of the molecule is CCC(C)c1ccc(NC(N)=NCC2(N(C)C)CCOCC2)cc1. The van der Waals surface area contributed by atoms with Gasteiger partial charge in [-0.25, -0.2) is 0 Å². The van der Waals surface area contributed by atoms with E-state index < -0.39 is 0 Å². The van der Waals surface area contributed by atoms with Gasteiger partial charge in [0.25, 0.3) is 0 Å².